The normalized spacial score (nSPS) is 20.3. The summed E-state index contributed by atoms with van der Waals surface area (Å²) in [5.74, 6) is -1.49. The summed E-state index contributed by atoms with van der Waals surface area (Å²) in [6, 6.07) is 3.41. The van der Waals surface area contributed by atoms with Gasteiger partial charge in [0, 0.05) is 57.5 Å². The van der Waals surface area contributed by atoms with Crippen molar-refractivity contribution in [3.63, 3.8) is 0 Å². The van der Waals surface area contributed by atoms with Gasteiger partial charge in [0.1, 0.15) is 11.6 Å². The van der Waals surface area contributed by atoms with E-state index in [2.05, 4.69) is 10.4 Å². The SMILES string of the molecule is CN(Cc1ccc(F)cc1F)C(=O)[C@H]1CNC[C@@H]1c1cnn(C)c1. The number of hydrogen-bond donors (Lipinski definition) is 1. The van der Waals surface area contributed by atoms with Crippen LogP contribution in [0, 0.1) is 17.6 Å². The summed E-state index contributed by atoms with van der Waals surface area (Å²) in [4.78, 5) is 14.3. The zero-order valence-corrected chi connectivity index (χ0v) is 13.7. The van der Waals surface area contributed by atoms with E-state index in [1.165, 1.54) is 17.0 Å². The van der Waals surface area contributed by atoms with E-state index in [1.54, 1.807) is 17.9 Å². The molecule has 1 aliphatic heterocycles. The first kappa shape index (κ1) is 16.6. The Morgan fingerprint density at radius 2 is 2.21 bits per heavy atom. The smallest absolute Gasteiger partial charge is 0.227 e. The molecule has 7 heteroatoms. The molecule has 0 unspecified atom stereocenters. The third-order valence-corrected chi connectivity index (χ3v) is 4.48. The van der Waals surface area contributed by atoms with Crippen LogP contribution in [-0.2, 0) is 18.4 Å². The van der Waals surface area contributed by atoms with E-state index in [0.29, 0.717) is 18.7 Å². The Kier molecular flexibility index (Phi) is 4.62. The number of carbonyl (C=O) groups excluding carboxylic acids is 1. The lowest BCUT2D eigenvalue weighted by Crippen LogP contribution is -2.35. The lowest BCUT2D eigenvalue weighted by Gasteiger charge is -2.24. The van der Waals surface area contributed by atoms with Crippen LogP contribution in [-0.4, -0.2) is 40.7 Å². The minimum atomic E-state index is -0.636. The van der Waals surface area contributed by atoms with Crippen LogP contribution in [0.15, 0.2) is 30.6 Å². The molecule has 3 rings (SSSR count). The molecule has 1 saturated heterocycles. The molecule has 1 aliphatic rings. The predicted molar refractivity (Wildman–Crippen MR) is 85.1 cm³/mol. The maximum Gasteiger partial charge on any atom is 0.227 e. The van der Waals surface area contributed by atoms with Crippen LogP contribution in [0.2, 0.25) is 0 Å². The molecule has 1 aromatic heterocycles. The van der Waals surface area contributed by atoms with Gasteiger partial charge in [0.05, 0.1) is 12.1 Å². The highest BCUT2D eigenvalue weighted by Crippen LogP contribution is 2.29. The van der Waals surface area contributed by atoms with Gasteiger partial charge in [0.15, 0.2) is 0 Å². The molecule has 0 spiro atoms. The summed E-state index contributed by atoms with van der Waals surface area (Å²) in [7, 11) is 3.48. The second kappa shape index (κ2) is 6.68. The van der Waals surface area contributed by atoms with E-state index in [-0.39, 0.29) is 24.3 Å². The highest BCUT2D eigenvalue weighted by Gasteiger charge is 2.36. The third-order valence-electron chi connectivity index (χ3n) is 4.48. The minimum absolute atomic E-state index is 0.0479. The molecule has 1 amide bonds. The molecule has 0 saturated carbocycles. The van der Waals surface area contributed by atoms with E-state index in [1.807, 2.05) is 13.2 Å². The van der Waals surface area contributed by atoms with Crippen LogP contribution in [0.3, 0.4) is 0 Å². The van der Waals surface area contributed by atoms with Crippen LogP contribution < -0.4 is 5.32 Å². The Morgan fingerprint density at radius 3 is 2.88 bits per heavy atom. The quantitative estimate of drug-likeness (QED) is 0.925. The van der Waals surface area contributed by atoms with Crippen molar-refractivity contribution in [2.24, 2.45) is 13.0 Å². The van der Waals surface area contributed by atoms with Crippen molar-refractivity contribution in [2.45, 2.75) is 12.5 Å². The van der Waals surface area contributed by atoms with Crippen molar-refractivity contribution in [1.29, 1.82) is 0 Å². The summed E-state index contributed by atoms with van der Waals surface area (Å²) < 4.78 is 28.5. The average Bonchev–Trinajstić information content (AvgIpc) is 3.17. The van der Waals surface area contributed by atoms with Crippen LogP contribution in [0.5, 0.6) is 0 Å². The Balaban J connectivity index is 1.72. The van der Waals surface area contributed by atoms with Crippen molar-refractivity contribution in [3.05, 3.63) is 53.4 Å². The molecular formula is C17H20F2N4O. The molecule has 2 heterocycles. The van der Waals surface area contributed by atoms with Crippen LogP contribution in [0.1, 0.15) is 17.0 Å². The molecule has 128 valence electrons. The van der Waals surface area contributed by atoms with E-state index in [4.69, 9.17) is 0 Å². The molecule has 24 heavy (non-hydrogen) atoms. The lowest BCUT2D eigenvalue weighted by molar-refractivity contribution is -0.134. The predicted octanol–water partition coefficient (Wildman–Crippen LogP) is 1.66. The van der Waals surface area contributed by atoms with Gasteiger partial charge in [-0.25, -0.2) is 8.78 Å². The van der Waals surface area contributed by atoms with Gasteiger partial charge in [-0.1, -0.05) is 6.07 Å². The van der Waals surface area contributed by atoms with Gasteiger partial charge in [-0.2, -0.15) is 5.10 Å². The number of nitrogens with one attached hydrogen (secondary N) is 1. The fraction of sp³-hybridized carbons (Fsp3) is 0.412. The number of aromatic nitrogens is 2. The first-order valence-corrected chi connectivity index (χ1v) is 7.84. The summed E-state index contributed by atoms with van der Waals surface area (Å²) in [5.41, 5.74) is 1.32. The van der Waals surface area contributed by atoms with Gasteiger partial charge in [-0.05, 0) is 11.6 Å². The highest BCUT2D eigenvalue weighted by atomic mass is 19.1. The van der Waals surface area contributed by atoms with E-state index in [0.717, 1.165) is 11.6 Å². The Morgan fingerprint density at radius 1 is 1.42 bits per heavy atom. The van der Waals surface area contributed by atoms with Crippen molar-refractivity contribution in [2.75, 3.05) is 20.1 Å². The maximum absolute atomic E-state index is 13.8. The highest BCUT2D eigenvalue weighted by molar-refractivity contribution is 5.80. The van der Waals surface area contributed by atoms with Crippen molar-refractivity contribution in [3.8, 4) is 0 Å². The monoisotopic (exact) mass is 334 g/mol. The summed E-state index contributed by atoms with van der Waals surface area (Å²) in [5, 5.41) is 7.41. The van der Waals surface area contributed by atoms with Crippen LogP contribution >= 0.6 is 0 Å². The number of halogens is 2. The average molecular weight is 334 g/mol. The van der Waals surface area contributed by atoms with Crippen LogP contribution in [0.25, 0.3) is 0 Å². The maximum atomic E-state index is 13.8. The number of carbonyl (C=O) groups is 1. The number of benzene rings is 1. The van der Waals surface area contributed by atoms with Gasteiger partial charge >= 0.3 is 0 Å². The number of nitrogens with zero attached hydrogens (tertiary/aromatic N) is 3. The Labute approximate surface area is 139 Å². The lowest BCUT2D eigenvalue weighted by atomic mass is 9.90. The second-order valence-electron chi connectivity index (χ2n) is 6.25. The van der Waals surface area contributed by atoms with Crippen molar-refractivity contribution in [1.82, 2.24) is 20.0 Å². The van der Waals surface area contributed by atoms with Gasteiger partial charge in [-0.15, -0.1) is 0 Å². The topological polar surface area (TPSA) is 50.2 Å². The zero-order valence-electron chi connectivity index (χ0n) is 13.7. The van der Waals surface area contributed by atoms with Gasteiger partial charge in [-0.3, -0.25) is 9.48 Å². The molecule has 0 radical (unpaired) electrons. The number of hydrogen-bond acceptors (Lipinski definition) is 3. The summed E-state index contributed by atoms with van der Waals surface area (Å²) >= 11 is 0. The molecule has 0 bridgehead atoms. The van der Waals surface area contributed by atoms with Gasteiger partial charge in [0.2, 0.25) is 5.91 Å². The molecule has 1 aromatic carbocycles. The van der Waals surface area contributed by atoms with Crippen LogP contribution in [0.4, 0.5) is 8.78 Å². The standard InChI is InChI=1S/C17H20F2N4O/c1-22(9-11-3-4-13(18)5-16(11)19)17(24)15-8-20-7-14(15)12-6-21-23(2)10-12/h3-6,10,14-15,20H,7-9H2,1-2H3/t14-,15+/m1/s1. The van der Waals surface area contributed by atoms with E-state index >= 15 is 0 Å². The third kappa shape index (κ3) is 3.31. The molecule has 2 aromatic rings. The van der Waals surface area contributed by atoms with Gasteiger partial charge in [0.25, 0.3) is 0 Å². The largest absolute Gasteiger partial charge is 0.341 e. The molecule has 2 atom stereocenters. The second-order valence-corrected chi connectivity index (χ2v) is 6.25. The number of rotatable bonds is 4. The Bertz CT molecular complexity index is 746. The fourth-order valence-electron chi connectivity index (χ4n) is 3.19. The van der Waals surface area contributed by atoms with E-state index < -0.39 is 11.6 Å². The molecule has 1 fully saturated rings. The summed E-state index contributed by atoms with van der Waals surface area (Å²) in [6.45, 7) is 1.40. The molecule has 0 aliphatic carbocycles. The van der Waals surface area contributed by atoms with Crippen molar-refractivity contribution >= 4 is 5.91 Å². The number of aryl methyl sites for hydroxylation is 1. The van der Waals surface area contributed by atoms with Crippen molar-refractivity contribution < 1.29 is 13.6 Å². The van der Waals surface area contributed by atoms with Gasteiger partial charge < -0.3 is 10.2 Å². The van der Waals surface area contributed by atoms with E-state index in [9.17, 15) is 13.6 Å². The number of amides is 1. The molecule has 1 N–H and O–H groups in total. The Hall–Kier alpha value is -2.28. The minimum Gasteiger partial charge on any atom is -0.341 e. The fourth-order valence-corrected chi connectivity index (χ4v) is 3.19. The molecule has 5 nitrogen and oxygen atoms in total. The summed E-state index contributed by atoms with van der Waals surface area (Å²) in [6.07, 6.45) is 3.69. The molecular weight excluding hydrogens is 314 g/mol. The zero-order chi connectivity index (χ0) is 17.3. The first-order valence-electron chi connectivity index (χ1n) is 7.84. The first-order chi connectivity index (χ1) is 11.5.